The molecule has 2 nitrogen and oxygen atoms in total. The summed E-state index contributed by atoms with van der Waals surface area (Å²) >= 11 is 0. The van der Waals surface area contributed by atoms with Crippen molar-refractivity contribution in [3.63, 3.8) is 0 Å². The van der Waals surface area contributed by atoms with Crippen LogP contribution < -0.4 is 5.32 Å². The van der Waals surface area contributed by atoms with Gasteiger partial charge in [0.1, 0.15) is 0 Å². The third kappa shape index (κ3) is 2.96. The maximum Gasteiger partial charge on any atom is 0.0591 e. The maximum atomic E-state index is 6.09. The van der Waals surface area contributed by atoms with Crippen molar-refractivity contribution in [1.29, 1.82) is 0 Å². The molecule has 0 spiro atoms. The fourth-order valence-electron chi connectivity index (χ4n) is 2.42. The number of nitrogens with one attached hydrogen (secondary N) is 1. The Balaban J connectivity index is 1.71. The number of hydrogen-bond donors (Lipinski definition) is 1. The molecular formula is C11H21NO. The van der Waals surface area contributed by atoms with E-state index in [1.807, 2.05) is 0 Å². The monoisotopic (exact) mass is 183 g/mol. The first-order valence-corrected chi connectivity index (χ1v) is 5.81. The fraction of sp³-hybridized carbons (Fsp3) is 1.00. The summed E-state index contributed by atoms with van der Waals surface area (Å²) in [6.45, 7) is 2.34. The minimum Gasteiger partial charge on any atom is -0.375 e. The molecule has 0 bridgehead atoms. The van der Waals surface area contributed by atoms with Gasteiger partial charge in [0.15, 0.2) is 0 Å². The van der Waals surface area contributed by atoms with Gasteiger partial charge in [-0.25, -0.2) is 0 Å². The molecule has 0 amide bonds. The molecule has 2 heteroatoms. The van der Waals surface area contributed by atoms with Crippen molar-refractivity contribution in [3.05, 3.63) is 0 Å². The Kier molecular flexibility index (Phi) is 3.62. The zero-order chi connectivity index (χ0) is 8.93. The van der Waals surface area contributed by atoms with Crippen molar-refractivity contribution in [2.75, 3.05) is 13.1 Å². The van der Waals surface area contributed by atoms with Gasteiger partial charge in [-0.2, -0.15) is 0 Å². The van der Waals surface area contributed by atoms with Crippen molar-refractivity contribution in [3.8, 4) is 0 Å². The summed E-state index contributed by atoms with van der Waals surface area (Å²) in [6, 6.07) is 0. The first-order chi connectivity index (χ1) is 6.45. The van der Waals surface area contributed by atoms with Gasteiger partial charge < -0.3 is 10.1 Å². The second-order valence-electron chi connectivity index (χ2n) is 4.35. The van der Waals surface area contributed by atoms with E-state index in [2.05, 4.69) is 5.32 Å². The van der Waals surface area contributed by atoms with Gasteiger partial charge in [0.25, 0.3) is 0 Å². The summed E-state index contributed by atoms with van der Waals surface area (Å²) < 4.78 is 6.09. The van der Waals surface area contributed by atoms with Crippen molar-refractivity contribution in [2.24, 2.45) is 0 Å². The summed E-state index contributed by atoms with van der Waals surface area (Å²) in [4.78, 5) is 0. The molecule has 76 valence electrons. The number of rotatable bonds is 2. The van der Waals surface area contributed by atoms with Gasteiger partial charge in [-0.1, -0.05) is 12.8 Å². The molecule has 2 fully saturated rings. The van der Waals surface area contributed by atoms with Crippen LogP contribution in [0.4, 0.5) is 0 Å². The molecule has 1 saturated heterocycles. The molecule has 1 unspecified atom stereocenters. The van der Waals surface area contributed by atoms with Crippen LogP contribution in [0.15, 0.2) is 0 Å². The Morgan fingerprint density at radius 2 is 1.46 bits per heavy atom. The standard InChI is InChI=1S/C11H21NO/c1-2-5-10(4-1)13-11-6-3-8-12-9-7-11/h10-12H,1-9H2. The molecule has 1 saturated carbocycles. The van der Waals surface area contributed by atoms with Crippen LogP contribution in [0.2, 0.25) is 0 Å². The quantitative estimate of drug-likeness (QED) is 0.707. The van der Waals surface area contributed by atoms with E-state index in [9.17, 15) is 0 Å². The largest absolute Gasteiger partial charge is 0.375 e. The van der Waals surface area contributed by atoms with Crippen LogP contribution in [-0.4, -0.2) is 25.3 Å². The zero-order valence-electron chi connectivity index (χ0n) is 8.43. The fourth-order valence-corrected chi connectivity index (χ4v) is 2.42. The van der Waals surface area contributed by atoms with E-state index in [1.165, 1.54) is 51.5 Å². The molecule has 1 N–H and O–H groups in total. The lowest BCUT2D eigenvalue weighted by Crippen LogP contribution is -2.21. The van der Waals surface area contributed by atoms with E-state index in [1.54, 1.807) is 0 Å². The SMILES string of the molecule is C1CCC(OC2CCCNCC2)C1. The van der Waals surface area contributed by atoms with Crippen LogP contribution in [-0.2, 0) is 4.74 Å². The van der Waals surface area contributed by atoms with E-state index in [0.717, 1.165) is 6.54 Å². The smallest absolute Gasteiger partial charge is 0.0591 e. The average Bonchev–Trinajstić information content (AvgIpc) is 2.49. The highest BCUT2D eigenvalue weighted by Gasteiger charge is 2.20. The highest BCUT2D eigenvalue weighted by atomic mass is 16.5. The summed E-state index contributed by atoms with van der Waals surface area (Å²) in [5, 5.41) is 3.42. The summed E-state index contributed by atoms with van der Waals surface area (Å²) in [7, 11) is 0. The lowest BCUT2D eigenvalue weighted by molar-refractivity contribution is -0.0134. The molecule has 0 radical (unpaired) electrons. The molecule has 1 aliphatic heterocycles. The van der Waals surface area contributed by atoms with E-state index in [0.29, 0.717) is 12.2 Å². The first-order valence-electron chi connectivity index (χ1n) is 5.81. The van der Waals surface area contributed by atoms with Gasteiger partial charge in [0.2, 0.25) is 0 Å². The molecule has 0 aromatic heterocycles. The van der Waals surface area contributed by atoms with Gasteiger partial charge >= 0.3 is 0 Å². The van der Waals surface area contributed by atoms with Crippen LogP contribution in [0, 0.1) is 0 Å². The van der Waals surface area contributed by atoms with Crippen LogP contribution >= 0.6 is 0 Å². The van der Waals surface area contributed by atoms with Crippen molar-refractivity contribution >= 4 is 0 Å². The van der Waals surface area contributed by atoms with E-state index in [-0.39, 0.29) is 0 Å². The Morgan fingerprint density at radius 1 is 0.769 bits per heavy atom. The van der Waals surface area contributed by atoms with Gasteiger partial charge in [-0.3, -0.25) is 0 Å². The average molecular weight is 183 g/mol. The number of ether oxygens (including phenoxy) is 1. The third-order valence-electron chi connectivity index (χ3n) is 3.21. The molecule has 2 aliphatic rings. The summed E-state index contributed by atoms with van der Waals surface area (Å²) in [5.74, 6) is 0. The maximum absolute atomic E-state index is 6.09. The second kappa shape index (κ2) is 4.97. The van der Waals surface area contributed by atoms with Gasteiger partial charge in [-0.15, -0.1) is 0 Å². The molecular weight excluding hydrogens is 162 g/mol. The third-order valence-corrected chi connectivity index (χ3v) is 3.21. The van der Waals surface area contributed by atoms with Crippen LogP contribution in [0.25, 0.3) is 0 Å². The van der Waals surface area contributed by atoms with Crippen molar-refractivity contribution in [1.82, 2.24) is 5.32 Å². The molecule has 1 heterocycles. The lowest BCUT2D eigenvalue weighted by Gasteiger charge is -2.20. The molecule has 13 heavy (non-hydrogen) atoms. The molecule has 2 rings (SSSR count). The Labute approximate surface area is 81.0 Å². The van der Waals surface area contributed by atoms with Crippen LogP contribution in [0.1, 0.15) is 44.9 Å². The predicted octanol–water partition coefficient (Wildman–Crippen LogP) is 2.09. The van der Waals surface area contributed by atoms with E-state index < -0.39 is 0 Å². The zero-order valence-corrected chi connectivity index (χ0v) is 8.43. The van der Waals surface area contributed by atoms with E-state index in [4.69, 9.17) is 4.74 Å². The Morgan fingerprint density at radius 3 is 2.31 bits per heavy atom. The molecule has 0 aromatic rings. The molecule has 1 atom stereocenters. The van der Waals surface area contributed by atoms with Gasteiger partial charge in [-0.05, 0) is 45.2 Å². The van der Waals surface area contributed by atoms with Gasteiger partial charge in [0.05, 0.1) is 12.2 Å². The lowest BCUT2D eigenvalue weighted by atomic mass is 10.1. The van der Waals surface area contributed by atoms with Gasteiger partial charge in [0, 0.05) is 0 Å². The Hall–Kier alpha value is -0.0800. The van der Waals surface area contributed by atoms with Crippen molar-refractivity contribution < 1.29 is 4.74 Å². The highest BCUT2D eigenvalue weighted by Crippen LogP contribution is 2.24. The summed E-state index contributed by atoms with van der Waals surface area (Å²) in [6.07, 6.45) is 10.3. The van der Waals surface area contributed by atoms with Crippen molar-refractivity contribution in [2.45, 2.75) is 57.2 Å². The normalized spacial score (nSPS) is 31.8. The summed E-state index contributed by atoms with van der Waals surface area (Å²) in [5.41, 5.74) is 0. The molecule has 1 aliphatic carbocycles. The predicted molar refractivity (Wildman–Crippen MR) is 53.8 cm³/mol. The van der Waals surface area contributed by atoms with Crippen LogP contribution in [0.3, 0.4) is 0 Å². The Bertz CT molecular complexity index is 135. The first kappa shape index (κ1) is 9.47. The van der Waals surface area contributed by atoms with Crippen LogP contribution in [0.5, 0.6) is 0 Å². The second-order valence-corrected chi connectivity index (χ2v) is 4.35. The molecule has 0 aromatic carbocycles. The minimum atomic E-state index is 0.554. The highest BCUT2D eigenvalue weighted by molar-refractivity contribution is 4.72. The van der Waals surface area contributed by atoms with E-state index >= 15 is 0 Å². The number of hydrogen-bond acceptors (Lipinski definition) is 2. The topological polar surface area (TPSA) is 21.3 Å². The minimum absolute atomic E-state index is 0.554.